The van der Waals surface area contributed by atoms with E-state index in [-0.39, 0.29) is 0 Å². The Kier molecular flexibility index (Phi) is 8.11. The molecule has 0 unspecified atom stereocenters. The number of rotatable bonds is 6. The zero-order chi connectivity index (χ0) is 22.8. The molecule has 0 bridgehead atoms. The highest BCUT2D eigenvalue weighted by molar-refractivity contribution is 6.31. The third kappa shape index (κ3) is 6.78. The smallest absolute Gasteiger partial charge is 0.166 e. The van der Waals surface area contributed by atoms with Gasteiger partial charge in [-0.2, -0.15) is 0 Å². The van der Waals surface area contributed by atoms with Crippen LogP contribution in [-0.4, -0.2) is 9.97 Å². The van der Waals surface area contributed by atoms with Crippen LogP contribution in [-0.2, 0) is 13.2 Å². The van der Waals surface area contributed by atoms with Gasteiger partial charge in [0.1, 0.15) is 13.2 Å². The van der Waals surface area contributed by atoms with Crippen LogP contribution in [0.3, 0.4) is 0 Å². The van der Waals surface area contributed by atoms with Crippen molar-refractivity contribution in [2.45, 2.75) is 13.2 Å². The summed E-state index contributed by atoms with van der Waals surface area (Å²) in [5.74, 6) is 1.94. The van der Waals surface area contributed by atoms with Crippen LogP contribution in [0, 0.1) is 0 Å². The molecule has 6 N–H and O–H groups in total. The van der Waals surface area contributed by atoms with Crippen LogP contribution in [0.5, 0.6) is 11.5 Å². The first kappa shape index (κ1) is 22.7. The second-order valence-corrected chi connectivity index (χ2v) is 7.09. The van der Waals surface area contributed by atoms with E-state index in [0.29, 0.717) is 47.1 Å². The van der Waals surface area contributed by atoms with E-state index in [4.69, 9.17) is 38.3 Å². The van der Waals surface area contributed by atoms with Gasteiger partial charge in [0.05, 0.1) is 0 Å². The Labute approximate surface area is 191 Å². The van der Waals surface area contributed by atoms with E-state index >= 15 is 0 Å². The minimum atomic E-state index is 0.305. The number of benzene rings is 2. The van der Waals surface area contributed by atoms with Crippen LogP contribution >= 0.6 is 11.6 Å². The SMILES string of the molecule is Nc1ccc(Cl)c(COc2cccnc2N)c1.Nc1ncccc1OCc1ccccc1. The number of aromatic nitrogens is 2. The van der Waals surface area contributed by atoms with Crippen LogP contribution in [0.25, 0.3) is 0 Å². The van der Waals surface area contributed by atoms with Gasteiger partial charge in [0.25, 0.3) is 0 Å². The molecule has 0 fully saturated rings. The molecule has 4 rings (SSSR count). The third-order valence-corrected chi connectivity index (χ3v) is 4.66. The Morgan fingerprint density at radius 2 is 1.28 bits per heavy atom. The average Bonchev–Trinajstić information content (AvgIpc) is 2.81. The number of hydrogen-bond donors (Lipinski definition) is 3. The van der Waals surface area contributed by atoms with Crippen LogP contribution in [0.15, 0.2) is 85.2 Å². The summed E-state index contributed by atoms with van der Waals surface area (Å²) in [6.45, 7) is 0.816. The monoisotopic (exact) mass is 449 g/mol. The Morgan fingerprint density at radius 1 is 0.688 bits per heavy atom. The molecular formula is C24H24ClN5O2. The first-order valence-corrected chi connectivity index (χ1v) is 10.1. The second kappa shape index (κ2) is 11.4. The molecule has 4 aromatic rings. The number of nitrogens with zero attached hydrogens (tertiary/aromatic N) is 2. The lowest BCUT2D eigenvalue weighted by Gasteiger charge is -2.09. The molecule has 0 aliphatic carbocycles. The minimum Gasteiger partial charge on any atom is -0.485 e. The van der Waals surface area contributed by atoms with E-state index in [1.807, 2.05) is 36.4 Å². The molecule has 0 aliphatic heterocycles. The molecule has 2 aromatic carbocycles. The molecule has 2 heterocycles. The third-order valence-electron chi connectivity index (χ3n) is 4.29. The number of ether oxygens (including phenoxy) is 2. The maximum absolute atomic E-state index is 6.02. The van der Waals surface area contributed by atoms with Crippen molar-refractivity contribution in [3.8, 4) is 11.5 Å². The summed E-state index contributed by atoms with van der Waals surface area (Å²) in [6.07, 6.45) is 3.25. The van der Waals surface area contributed by atoms with Crippen molar-refractivity contribution in [1.82, 2.24) is 9.97 Å². The van der Waals surface area contributed by atoms with Gasteiger partial charge in [-0.25, -0.2) is 9.97 Å². The zero-order valence-electron chi connectivity index (χ0n) is 17.3. The van der Waals surface area contributed by atoms with Gasteiger partial charge in [0.2, 0.25) is 0 Å². The number of halogens is 1. The summed E-state index contributed by atoms with van der Waals surface area (Å²) in [7, 11) is 0. The van der Waals surface area contributed by atoms with Crippen molar-refractivity contribution in [3.63, 3.8) is 0 Å². The lowest BCUT2D eigenvalue weighted by molar-refractivity contribution is 0.307. The summed E-state index contributed by atoms with van der Waals surface area (Å²) in [4.78, 5) is 7.87. The first-order chi connectivity index (χ1) is 15.5. The van der Waals surface area contributed by atoms with Crippen molar-refractivity contribution in [1.29, 1.82) is 0 Å². The van der Waals surface area contributed by atoms with E-state index in [1.165, 1.54) is 0 Å². The lowest BCUT2D eigenvalue weighted by Crippen LogP contribution is -2.01. The maximum atomic E-state index is 6.02. The Bertz CT molecular complexity index is 1140. The normalized spacial score (nSPS) is 10.0. The molecule has 0 saturated carbocycles. The van der Waals surface area contributed by atoms with Crippen LogP contribution < -0.4 is 26.7 Å². The topological polar surface area (TPSA) is 122 Å². The van der Waals surface area contributed by atoms with Gasteiger partial charge in [-0.15, -0.1) is 0 Å². The van der Waals surface area contributed by atoms with Gasteiger partial charge in [0, 0.05) is 28.7 Å². The Morgan fingerprint density at radius 3 is 1.88 bits per heavy atom. The molecular weight excluding hydrogens is 426 g/mol. The van der Waals surface area contributed by atoms with E-state index < -0.39 is 0 Å². The molecule has 2 aromatic heterocycles. The Hall–Kier alpha value is -3.97. The van der Waals surface area contributed by atoms with Gasteiger partial charge in [0.15, 0.2) is 23.1 Å². The van der Waals surface area contributed by atoms with E-state index in [2.05, 4.69) is 9.97 Å². The largest absolute Gasteiger partial charge is 0.485 e. The van der Waals surface area contributed by atoms with E-state index in [1.54, 1.807) is 48.8 Å². The summed E-state index contributed by atoms with van der Waals surface area (Å²) in [6, 6.07) is 22.3. The van der Waals surface area contributed by atoms with E-state index in [0.717, 1.165) is 11.1 Å². The van der Waals surface area contributed by atoms with Crippen molar-refractivity contribution in [3.05, 3.63) is 101 Å². The second-order valence-electron chi connectivity index (χ2n) is 6.69. The van der Waals surface area contributed by atoms with Crippen molar-refractivity contribution < 1.29 is 9.47 Å². The van der Waals surface area contributed by atoms with Crippen LogP contribution in [0.2, 0.25) is 5.02 Å². The fourth-order valence-corrected chi connectivity index (χ4v) is 2.82. The molecule has 7 nitrogen and oxygen atoms in total. The summed E-state index contributed by atoms with van der Waals surface area (Å²) < 4.78 is 11.1. The predicted molar refractivity (Wildman–Crippen MR) is 128 cm³/mol. The molecule has 164 valence electrons. The number of hydrogen-bond acceptors (Lipinski definition) is 7. The highest BCUT2D eigenvalue weighted by atomic mass is 35.5. The Balaban J connectivity index is 0.000000182. The number of anilines is 3. The molecule has 0 amide bonds. The lowest BCUT2D eigenvalue weighted by atomic mass is 10.2. The van der Waals surface area contributed by atoms with E-state index in [9.17, 15) is 0 Å². The fraction of sp³-hybridized carbons (Fsp3) is 0.0833. The highest BCUT2D eigenvalue weighted by Gasteiger charge is 2.04. The molecule has 0 radical (unpaired) electrons. The molecule has 0 atom stereocenters. The van der Waals surface area contributed by atoms with Crippen LogP contribution in [0.4, 0.5) is 17.3 Å². The zero-order valence-corrected chi connectivity index (χ0v) is 18.1. The summed E-state index contributed by atoms with van der Waals surface area (Å²) in [5.41, 5.74) is 19.6. The number of nitrogen functional groups attached to an aromatic ring is 3. The standard InChI is InChI=1S/C12H12ClN3O.C12H12N2O/c13-10-4-3-9(14)6-8(10)7-17-11-2-1-5-16-12(11)15;13-12-11(7-4-8-14-12)15-9-10-5-2-1-3-6-10/h1-6H,7,14H2,(H2,15,16);1-8H,9H2,(H2,13,14). The van der Waals surface area contributed by atoms with Crippen LogP contribution in [0.1, 0.15) is 11.1 Å². The molecule has 0 aliphatic rings. The number of nitrogens with two attached hydrogens (primary N) is 3. The minimum absolute atomic E-state index is 0.305. The van der Waals surface area contributed by atoms with Gasteiger partial charge < -0.3 is 26.7 Å². The molecule has 0 saturated heterocycles. The molecule has 0 spiro atoms. The number of pyridine rings is 2. The van der Waals surface area contributed by atoms with Gasteiger partial charge >= 0.3 is 0 Å². The fourth-order valence-electron chi connectivity index (χ4n) is 2.65. The van der Waals surface area contributed by atoms with Gasteiger partial charge in [-0.1, -0.05) is 41.9 Å². The molecule has 32 heavy (non-hydrogen) atoms. The summed E-state index contributed by atoms with van der Waals surface area (Å²) in [5, 5.41) is 0.613. The van der Waals surface area contributed by atoms with Gasteiger partial charge in [-0.3, -0.25) is 0 Å². The van der Waals surface area contributed by atoms with Crippen molar-refractivity contribution in [2.75, 3.05) is 17.2 Å². The first-order valence-electron chi connectivity index (χ1n) is 9.77. The quantitative estimate of drug-likeness (QED) is 0.364. The molecule has 8 heteroatoms. The highest BCUT2D eigenvalue weighted by Crippen LogP contribution is 2.23. The average molecular weight is 450 g/mol. The van der Waals surface area contributed by atoms with Crippen molar-refractivity contribution >= 4 is 28.9 Å². The summed E-state index contributed by atoms with van der Waals surface area (Å²) >= 11 is 6.02. The predicted octanol–water partition coefficient (Wildman–Crippen LogP) is 4.72. The van der Waals surface area contributed by atoms with Gasteiger partial charge in [-0.05, 0) is 48.0 Å². The maximum Gasteiger partial charge on any atom is 0.166 e. The van der Waals surface area contributed by atoms with Crippen molar-refractivity contribution in [2.24, 2.45) is 0 Å².